The third-order valence-electron chi connectivity index (χ3n) is 3.07. The molecule has 136 valence electrons. The zero-order valence-electron chi connectivity index (χ0n) is 14.7. The van der Waals surface area contributed by atoms with E-state index in [9.17, 15) is 19.2 Å². The lowest BCUT2D eigenvalue weighted by Gasteiger charge is -2.31. The van der Waals surface area contributed by atoms with Crippen molar-refractivity contribution in [2.75, 3.05) is 7.11 Å². The number of hydrogen-bond acceptors (Lipinski definition) is 8. The standard InChI is InChI=1S/C15H23NO8/c1-8(17)22-11-7-10(13(19)21-6)16(12(11)23-9(2)18)14(20)24-15(3,4)5/h10-12H,7H2,1-6H3/t10-,11+,12?/m0/s1. The summed E-state index contributed by atoms with van der Waals surface area (Å²) in [5.41, 5.74) is -0.835. The lowest BCUT2D eigenvalue weighted by molar-refractivity contribution is -0.173. The smallest absolute Gasteiger partial charge is 0.414 e. The summed E-state index contributed by atoms with van der Waals surface area (Å²) in [5, 5.41) is 0. The fraction of sp³-hybridized carbons (Fsp3) is 0.733. The Balaban J connectivity index is 3.19. The molecule has 9 nitrogen and oxygen atoms in total. The molecule has 0 aromatic carbocycles. The Labute approximate surface area is 140 Å². The zero-order chi connectivity index (χ0) is 18.7. The number of carbonyl (C=O) groups is 4. The van der Waals surface area contributed by atoms with Gasteiger partial charge in [-0.25, -0.2) is 9.59 Å². The predicted octanol–water partition coefficient (Wildman–Crippen LogP) is 0.990. The number of amides is 1. The normalized spacial score (nSPS) is 23.4. The zero-order valence-corrected chi connectivity index (χ0v) is 14.7. The van der Waals surface area contributed by atoms with Crippen molar-refractivity contribution in [1.29, 1.82) is 0 Å². The van der Waals surface area contributed by atoms with Crippen LogP contribution in [0.25, 0.3) is 0 Å². The molecule has 1 fully saturated rings. The second-order valence-corrected chi connectivity index (χ2v) is 6.31. The molecule has 0 saturated carbocycles. The van der Waals surface area contributed by atoms with Crippen LogP contribution in [0.5, 0.6) is 0 Å². The molecule has 0 aromatic heterocycles. The van der Waals surface area contributed by atoms with Crippen LogP contribution in [0.1, 0.15) is 41.0 Å². The van der Waals surface area contributed by atoms with E-state index < -0.39 is 48.0 Å². The maximum atomic E-state index is 12.5. The number of methoxy groups -OCH3 is 1. The molecule has 9 heteroatoms. The van der Waals surface area contributed by atoms with Crippen LogP contribution >= 0.6 is 0 Å². The number of rotatable bonds is 3. The molecule has 1 aliphatic heterocycles. The average Bonchev–Trinajstić information content (AvgIpc) is 2.73. The second-order valence-electron chi connectivity index (χ2n) is 6.31. The summed E-state index contributed by atoms with van der Waals surface area (Å²) in [6, 6.07) is -1.10. The van der Waals surface area contributed by atoms with Crippen LogP contribution in [0.3, 0.4) is 0 Å². The molecule has 1 saturated heterocycles. The van der Waals surface area contributed by atoms with Crippen molar-refractivity contribution < 1.29 is 38.1 Å². The SMILES string of the molecule is COC(=O)[C@@H]1C[C@@H](OC(C)=O)C(OC(C)=O)N1C(=O)OC(C)(C)C. The summed E-state index contributed by atoms with van der Waals surface area (Å²) in [6.07, 6.45) is -3.21. The van der Waals surface area contributed by atoms with Crippen LogP contribution in [-0.2, 0) is 33.3 Å². The Morgan fingerprint density at radius 3 is 1.96 bits per heavy atom. The van der Waals surface area contributed by atoms with Crippen molar-refractivity contribution in [3.8, 4) is 0 Å². The Bertz CT molecular complexity index is 524. The summed E-state index contributed by atoms with van der Waals surface area (Å²) in [6.45, 7) is 7.27. The summed E-state index contributed by atoms with van der Waals surface area (Å²) < 4.78 is 20.1. The van der Waals surface area contributed by atoms with Gasteiger partial charge in [0.05, 0.1) is 7.11 Å². The van der Waals surface area contributed by atoms with Gasteiger partial charge in [0, 0.05) is 20.3 Å². The first-order valence-corrected chi connectivity index (χ1v) is 7.40. The van der Waals surface area contributed by atoms with Crippen molar-refractivity contribution in [3.05, 3.63) is 0 Å². The largest absolute Gasteiger partial charge is 0.467 e. The van der Waals surface area contributed by atoms with Crippen molar-refractivity contribution >= 4 is 24.0 Å². The van der Waals surface area contributed by atoms with E-state index in [1.165, 1.54) is 6.92 Å². The molecule has 24 heavy (non-hydrogen) atoms. The van der Waals surface area contributed by atoms with Gasteiger partial charge in [-0.15, -0.1) is 0 Å². The molecule has 1 heterocycles. The maximum absolute atomic E-state index is 12.5. The lowest BCUT2D eigenvalue weighted by Crippen LogP contribution is -2.50. The van der Waals surface area contributed by atoms with Crippen molar-refractivity contribution in [3.63, 3.8) is 0 Å². The topological polar surface area (TPSA) is 108 Å². The van der Waals surface area contributed by atoms with Crippen molar-refractivity contribution in [1.82, 2.24) is 4.90 Å². The van der Waals surface area contributed by atoms with Gasteiger partial charge in [0.25, 0.3) is 0 Å². The molecule has 1 rings (SSSR count). The number of ether oxygens (including phenoxy) is 4. The summed E-state index contributed by atoms with van der Waals surface area (Å²) >= 11 is 0. The van der Waals surface area contributed by atoms with E-state index in [-0.39, 0.29) is 6.42 Å². The first-order valence-electron chi connectivity index (χ1n) is 7.40. The van der Waals surface area contributed by atoms with E-state index in [1.54, 1.807) is 20.8 Å². The molecule has 3 atom stereocenters. The van der Waals surface area contributed by atoms with E-state index in [1.807, 2.05) is 0 Å². The fourth-order valence-corrected chi connectivity index (χ4v) is 2.32. The number of carbonyl (C=O) groups excluding carboxylic acids is 4. The molecule has 0 aliphatic carbocycles. The van der Waals surface area contributed by atoms with Crippen LogP contribution in [0.4, 0.5) is 4.79 Å². The molecule has 0 N–H and O–H groups in total. The van der Waals surface area contributed by atoms with Crippen molar-refractivity contribution in [2.24, 2.45) is 0 Å². The summed E-state index contributed by atoms with van der Waals surface area (Å²) in [7, 11) is 1.16. The fourth-order valence-electron chi connectivity index (χ4n) is 2.32. The average molecular weight is 345 g/mol. The van der Waals surface area contributed by atoms with Crippen molar-refractivity contribution in [2.45, 2.75) is 65.0 Å². The highest BCUT2D eigenvalue weighted by molar-refractivity contribution is 5.83. The maximum Gasteiger partial charge on any atom is 0.414 e. The summed E-state index contributed by atoms with van der Waals surface area (Å²) in [5.74, 6) is -2.06. The summed E-state index contributed by atoms with van der Waals surface area (Å²) in [4.78, 5) is 48.1. The first kappa shape index (κ1) is 19.7. The quantitative estimate of drug-likeness (QED) is 0.550. The van der Waals surface area contributed by atoms with Gasteiger partial charge >= 0.3 is 24.0 Å². The van der Waals surface area contributed by atoms with Gasteiger partial charge in [-0.3, -0.25) is 14.5 Å². The minimum atomic E-state index is -1.27. The highest BCUT2D eigenvalue weighted by Gasteiger charge is 2.52. The van der Waals surface area contributed by atoms with Gasteiger partial charge in [-0.1, -0.05) is 0 Å². The third kappa shape index (κ3) is 5.10. The number of hydrogen-bond donors (Lipinski definition) is 0. The molecule has 1 aliphatic rings. The molecule has 0 radical (unpaired) electrons. The third-order valence-corrected chi connectivity index (χ3v) is 3.07. The predicted molar refractivity (Wildman–Crippen MR) is 79.6 cm³/mol. The number of likely N-dealkylation sites (tertiary alicyclic amines) is 1. The Morgan fingerprint density at radius 1 is 1.00 bits per heavy atom. The molecular formula is C15H23NO8. The molecular weight excluding hydrogens is 322 g/mol. The first-order chi connectivity index (χ1) is 11.0. The van der Waals surface area contributed by atoms with Gasteiger partial charge in [0.15, 0.2) is 6.10 Å². The molecule has 1 unspecified atom stereocenters. The van der Waals surface area contributed by atoms with E-state index in [0.717, 1.165) is 18.9 Å². The van der Waals surface area contributed by atoms with Crippen LogP contribution in [0.2, 0.25) is 0 Å². The van der Waals surface area contributed by atoms with Gasteiger partial charge in [0.2, 0.25) is 6.23 Å². The van der Waals surface area contributed by atoms with Gasteiger partial charge in [-0.2, -0.15) is 0 Å². The Morgan fingerprint density at radius 2 is 1.54 bits per heavy atom. The van der Waals surface area contributed by atoms with Crippen LogP contribution in [-0.4, -0.2) is 60.0 Å². The van der Waals surface area contributed by atoms with Gasteiger partial charge in [-0.05, 0) is 20.8 Å². The minimum absolute atomic E-state index is 0.0660. The van der Waals surface area contributed by atoms with Crippen LogP contribution in [0.15, 0.2) is 0 Å². The van der Waals surface area contributed by atoms with E-state index in [0.29, 0.717) is 0 Å². The Hall–Kier alpha value is -2.32. The highest BCUT2D eigenvalue weighted by atomic mass is 16.6. The number of nitrogens with zero attached hydrogens (tertiary/aromatic N) is 1. The van der Waals surface area contributed by atoms with Gasteiger partial charge in [0.1, 0.15) is 11.6 Å². The highest BCUT2D eigenvalue weighted by Crippen LogP contribution is 2.31. The Kier molecular flexibility index (Phi) is 6.16. The minimum Gasteiger partial charge on any atom is -0.467 e. The van der Waals surface area contributed by atoms with Crippen LogP contribution in [0, 0.1) is 0 Å². The molecule has 0 spiro atoms. The van der Waals surface area contributed by atoms with E-state index in [2.05, 4.69) is 4.74 Å². The number of esters is 3. The van der Waals surface area contributed by atoms with E-state index >= 15 is 0 Å². The lowest BCUT2D eigenvalue weighted by atomic mass is 10.2. The molecule has 0 bridgehead atoms. The van der Waals surface area contributed by atoms with Gasteiger partial charge < -0.3 is 18.9 Å². The second kappa shape index (κ2) is 7.50. The monoisotopic (exact) mass is 345 g/mol. The van der Waals surface area contributed by atoms with Crippen LogP contribution < -0.4 is 0 Å². The van der Waals surface area contributed by atoms with E-state index in [4.69, 9.17) is 14.2 Å². The molecule has 0 aromatic rings. The molecule has 1 amide bonds.